The fourth-order valence-electron chi connectivity index (χ4n) is 3.19. The standard InChI is InChI=1S/C22H17ClN2O2/c1-27-22(26)20-12-19(23)11-18-13-24-25(21(18)20)14-15-7-9-17(10-8-15)16-5-3-2-4-6-16/h2-13H,14H2,1H3. The van der Waals surface area contributed by atoms with Gasteiger partial charge >= 0.3 is 5.97 Å². The van der Waals surface area contributed by atoms with Crippen LogP contribution < -0.4 is 0 Å². The number of ether oxygens (including phenoxy) is 1. The van der Waals surface area contributed by atoms with Crippen LogP contribution in [0.5, 0.6) is 0 Å². The quantitative estimate of drug-likeness (QED) is 0.460. The van der Waals surface area contributed by atoms with Gasteiger partial charge in [0, 0.05) is 10.4 Å². The third-order valence-corrected chi connectivity index (χ3v) is 4.72. The Balaban J connectivity index is 1.69. The van der Waals surface area contributed by atoms with E-state index in [-0.39, 0.29) is 0 Å². The minimum absolute atomic E-state index is 0.415. The average Bonchev–Trinajstić information content (AvgIpc) is 3.10. The maximum Gasteiger partial charge on any atom is 0.340 e. The summed E-state index contributed by atoms with van der Waals surface area (Å²) in [4.78, 5) is 12.2. The van der Waals surface area contributed by atoms with Gasteiger partial charge in [0.25, 0.3) is 0 Å². The number of methoxy groups -OCH3 is 1. The summed E-state index contributed by atoms with van der Waals surface area (Å²) in [5, 5.41) is 5.73. The number of hydrogen-bond acceptors (Lipinski definition) is 3. The Morgan fingerprint density at radius 2 is 1.74 bits per heavy atom. The highest BCUT2D eigenvalue weighted by molar-refractivity contribution is 6.32. The van der Waals surface area contributed by atoms with Crippen molar-refractivity contribution in [3.05, 3.63) is 89.1 Å². The second kappa shape index (κ2) is 7.25. The fraction of sp³-hybridized carbons (Fsp3) is 0.0909. The fourth-order valence-corrected chi connectivity index (χ4v) is 3.41. The molecule has 134 valence electrons. The molecule has 0 bridgehead atoms. The van der Waals surface area contributed by atoms with Gasteiger partial charge in [-0.25, -0.2) is 4.79 Å². The van der Waals surface area contributed by atoms with Crippen LogP contribution in [-0.2, 0) is 11.3 Å². The molecule has 0 saturated carbocycles. The molecule has 4 aromatic rings. The van der Waals surface area contributed by atoms with Gasteiger partial charge in [-0.1, -0.05) is 66.2 Å². The summed E-state index contributed by atoms with van der Waals surface area (Å²) < 4.78 is 6.70. The van der Waals surface area contributed by atoms with Crippen LogP contribution >= 0.6 is 11.6 Å². The Hall–Kier alpha value is -3.11. The van der Waals surface area contributed by atoms with Crippen molar-refractivity contribution in [3.8, 4) is 11.1 Å². The van der Waals surface area contributed by atoms with Crippen LogP contribution in [0.15, 0.2) is 72.9 Å². The summed E-state index contributed by atoms with van der Waals surface area (Å²) in [6, 6.07) is 22.0. The summed E-state index contributed by atoms with van der Waals surface area (Å²) in [7, 11) is 1.36. The highest BCUT2D eigenvalue weighted by atomic mass is 35.5. The molecule has 0 fully saturated rings. The molecule has 1 aromatic heterocycles. The summed E-state index contributed by atoms with van der Waals surface area (Å²) in [6.07, 6.45) is 1.71. The summed E-state index contributed by atoms with van der Waals surface area (Å²) in [6.45, 7) is 0.546. The molecule has 0 spiro atoms. The number of rotatable bonds is 4. The molecule has 0 saturated heterocycles. The molecule has 0 atom stereocenters. The molecule has 0 aliphatic heterocycles. The number of carbonyl (C=O) groups excluding carboxylic acids is 1. The molecule has 4 rings (SSSR count). The lowest BCUT2D eigenvalue weighted by molar-refractivity contribution is 0.0602. The van der Waals surface area contributed by atoms with Crippen LogP contribution in [0.1, 0.15) is 15.9 Å². The first-order valence-corrected chi connectivity index (χ1v) is 8.91. The van der Waals surface area contributed by atoms with Gasteiger partial charge in [-0.3, -0.25) is 4.68 Å². The van der Waals surface area contributed by atoms with E-state index in [0.29, 0.717) is 17.1 Å². The summed E-state index contributed by atoms with van der Waals surface area (Å²) in [5.41, 5.74) is 4.56. The topological polar surface area (TPSA) is 44.1 Å². The first-order valence-electron chi connectivity index (χ1n) is 8.53. The van der Waals surface area contributed by atoms with Crippen LogP contribution in [0.4, 0.5) is 0 Å². The van der Waals surface area contributed by atoms with Gasteiger partial charge in [0.1, 0.15) is 0 Å². The Labute approximate surface area is 162 Å². The molecule has 27 heavy (non-hydrogen) atoms. The maximum absolute atomic E-state index is 12.2. The zero-order valence-corrected chi connectivity index (χ0v) is 15.5. The lowest BCUT2D eigenvalue weighted by Gasteiger charge is -2.09. The SMILES string of the molecule is COC(=O)c1cc(Cl)cc2cnn(Cc3ccc(-c4ccccc4)cc3)c12. The van der Waals surface area contributed by atoms with Crippen molar-refractivity contribution in [1.29, 1.82) is 0 Å². The third kappa shape index (κ3) is 3.44. The lowest BCUT2D eigenvalue weighted by atomic mass is 10.0. The summed E-state index contributed by atoms with van der Waals surface area (Å²) in [5.74, 6) is -0.427. The Kier molecular flexibility index (Phi) is 4.65. The Morgan fingerprint density at radius 1 is 1.04 bits per heavy atom. The molecule has 0 N–H and O–H groups in total. The van der Waals surface area contributed by atoms with Gasteiger partial charge in [-0.2, -0.15) is 5.10 Å². The van der Waals surface area contributed by atoms with Crippen molar-refractivity contribution >= 4 is 28.5 Å². The van der Waals surface area contributed by atoms with E-state index in [9.17, 15) is 4.79 Å². The third-order valence-electron chi connectivity index (χ3n) is 4.50. The number of benzene rings is 3. The molecule has 0 amide bonds. The van der Waals surface area contributed by atoms with Crippen molar-refractivity contribution in [3.63, 3.8) is 0 Å². The van der Waals surface area contributed by atoms with Gasteiger partial charge in [0.15, 0.2) is 0 Å². The molecule has 3 aromatic carbocycles. The van der Waals surface area contributed by atoms with E-state index in [1.54, 1.807) is 23.0 Å². The zero-order chi connectivity index (χ0) is 18.8. The second-order valence-corrected chi connectivity index (χ2v) is 6.68. The first-order chi connectivity index (χ1) is 13.2. The predicted molar refractivity (Wildman–Crippen MR) is 107 cm³/mol. The van der Waals surface area contributed by atoms with Gasteiger partial charge in [-0.15, -0.1) is 0 Å². The van der Waals surface area contributed by atoms with Gasteiger partial charge in [0.05, 0.1) is 30.9 Å². The molecule has 4 nitrogen and oxygen atoms in total. The number of hydrogen-bond donors (Lipinski definition) is 0. The average molecular weight is 377 g/mol. The second-order valence-electron chi connectivity index (χ2n) is 6.25. The monoisotopic (exact) mass is 376 g/mol. The molecule has 5 heteroatoms. The molecular weight excluding hydrogens is 360 g/mol. The lowest BCUT2D eigenvalue weighted by Crippen LogP contribution is -2.08. The summed E-state index contributed by atoms with van der Waals surface area (Å²) >= 11 is 6.13. The van der Waals surface area contributed by atoms with E-state index >= 15 is 0 Å². The van der Waals surface area contributed by atoms with E-state index in [1.807, 2.05) is 18.2 Å². The van der Waals surface area contributed by atoms with Crippen molar-refractivity contribution in [2.45, 2.75) is 6.54 Å². The van der Waals surface area contributed by atoms with Crippen LogP contribution in [0.3, 0.4) is 0 Å². The Bertz CT molecular complexity index is 1100. The predicted octanol–water partition coefficient (Wildman–Crippen LogP) is 5.19. The zero-order valence-electron chi connectivity index (χ0n) is 14.7. The molecule has 1 heterocycles. The van der Waals surface area contributed by atoms with Crippen LogP contribution in [0.25, 0.3) is 22.0 Å². The number of aromatic nitrogens is 2. The minimum atomic E-state index is -0.427. The number of halogens is 1. The van der Waals surface area contributed by atoms with Crippen molar-refractivity contribution < 1.29 is 9.53 Å². The van der Waals surface area contributed by atoms with Crippen LogP contribution in [-0.4, -0.2) is 22.9 Å². The normalized spacial score (nSPS) is 10.9. The van der Waals surface area contributed by atoms with Gasteiger partial charge in [-0.05, 0) is 28.8 Å². The molecule has 0 aliphatic carbocycles. The number of fused-ring (bicyclic) bond motifs is 1. The highest BCUT2D eigenvalue weighted by Crippen LogP contribution is 2.26. The van der Waals surface area contributed by atoms with Crippen LogP contribution in [0, 0.1) is 0 Å². The van der Waals surface area contributed by atoms with E-state index < -0.39 is 5.97 Å². The molecule has 0 aliphatic rings. The van der Waals surface area contributed by atoms with E-state index in [2.05, 4.69) is 41.5 Å². The number of carbonyl (C=O) groups is 1. The smallest absolute Gasteiger partial charge is 0.340 e. The van der Waals surface area contributed by atoms with Gasteiger partial charge in [0.2, 0.25) is 0 Å². The molecule has 0 unspecified atom stereocenters. The number of esters is 1. The minimum Gasteiger partial charge on any atom is -0.465 e. The highest BCUT2D eigenvalue weighted by Gasteiger charge is 2.16. The van der Waals surface area contributed by atoms with Gasteiger partial charge < -0.3 is 4.74 Å². The Morgan fingerprint density at radius 3 is 2.44 bits per heavy atom. The van der Waals surface area contributed by atoms with Crippen molar-refractivity contribution in [2.24, 2.45) is 0 Å². The van der Waals surface area contributed by atoms with Crippen molar-refractivity contribution in [1.82, 2.24) is 9.78 Å². The van der Waals surface area contributed by atoms with E-state index in [1.165, 1.54) is 12.7 Å². The van der Waals surface area contributed by atoms with Crippen LogP contribution in [0.2, 0.25) is 5.02 Å². The van der Waals surface area contributed by atoms with E-state index in [4.69, 9.17) is 16.3 Å². The largest absolute Gasteiger partial charge is 0.465 e. The molecule has 0 radical (unpaired) electrons. The van der Waals surface area contributed by atoms with E-state index in [0.717, 1.165) is 22.0 Å². The maximum atomic E-state index is 12.2. The number of nitrogens with zero attached hydrogens (tertiary/aromatic N) is 2. The molecular formula is C22H17ClN2O2. The van der Waals surface area contributed by atoms with Crippen molar-refractivity contribution in [2.75, 3.05) is 7.11 Å². The first kappa shape index (κ1) is 17.3.